The van der Waals surface area contributed by atoms with Crippen molar-refractivity contribution in [1.29, 1.82) is 0 Å². The third kappa shape index (κ3) is 3.70. The van der Waals surface area contributed by atoms with Crippen LogP contribution in [0, 0.1) is 0 Å². The molecule has 4 heteroatoms. The van der Waals surface area contributed by atoms with Gasteiger partial charge in [0, 0.05) is 0 Å². The standard InChI is InChI=1S/C15H21NO3/c1-14(2,3)19-13(17)16-12(15(18)9-10-15)11-7-5-4-6-8-11/h4-8,12,18H,9-10H2,1-3H3,(H,16,17). The molecule has 0 aromatic heterocycles. The Morgan fingerprint density at radius 2 is 1.89 bits per heavy atom. The topological polar surface area (TPSA) is 58.6 Å². The van der Waals surface area contributed by atoms with Gasteiger partial charge in [-0.1, -0.05) is 30.3 Å². The lowest BCUT2D eigenvalue weighted by molar-refractivity contribution is 0.0382. The molecule has 2 rings (SSSR count). The number of hydrogen-bond acceptors (Lipinski definition) is 3. The van der Waals surface area contributed by atoms with Crippen molar-refractivity contribution in [3.63, 3.8) is 0 Å². The van der Waals surface area contributed by atoms with Gasteiger partial charge < -0.3 is 15.2 Å². The van der Waals surface area contributed by atoms with E-state index in [1.807, 2.05) is 51.1 Å². The summed E-state index contributed by atoms with van der Waals surface area (Å²) in [6.45, 7) is 5.45. The zero-order valence-electron chi connectivity index (χ0n) is 11.6. The first kappa shape index (κ1) is 13.9. The molecule has 1 amide bonds. The Morgan fingerprint density at radius 3 is 2.37 bits per heavy atom. The summed E-state index contributed by atoms with van der Waals surface area (Å²) in [5.74, 6) is 0. The average Bonchev–Trinajstić information content (AvgIpc) is 3.04. The van der Waals surface area contributed by atoms with Gasteiger partial charge in [-0.05, 0) is 39.2 Å². The zero-order valence-corrected chi connectivity index (χ0v) is 11.6. The van der Waals surface area contributed by atoms with E-state index in [1.165, 1.54) is 0 Å². The lowest BCUT2D eigenvalue weighted by Gasteiger charge is -2.27. The van der Waals surface area contributed by atoms with Gasteiger partial charge >= 0.3 is 6.09 Å². The summed E-state index contributed by atoms with van der Waals surface area (Å²) in [7, 11) is 0. The highest BCUT2D eigenvalue weighted by Crippen LogP contribution is 2.45. The molecule has 0 radical (unpaired) electrons. The smallest absolute Gasteiger partial charge is 0.408 e. The van der Waals surface area contributed by atoms with Crippen molar-refractivity contribution in [2.24, 2.45) is 0 Å². The van der Waals surface area contributed by atoms with Crippen molar-refractivity contribution in [2.75, 3.05) is 0 Å². The van der Waals surface area contributed by atoms with Crippen molar-refractivity contribution < 1.29 is 14.6 Å². The van der Waals surface area contributed by atoms with Gasteiger partial charge in [0.1, 0.15) is 5.60 Å². The number of carbonyl (C=O) groups excluding carboxylic acids is 1. The number of nitrogens with one attached hydrogen (secondary N) is 1. The highest BCUT2D eigenvalue weighted by molar-refractivity contribution is 5.68. The van der Waals surface area contributed by atoms with Crippen LogP contribution in [0.25, 0.3) is 0 Å². The predicted octanol–water partition coefficient (Wildman–Crippen LogP) is 2.78. The fraction of sp³-hybridized carbons (Fsp3) is 0.533. The number of hydrogen-bond donors (Lipinski definition) is 2. The van der Waals surface area contributed by atoms with Gasteiger partial charge in [-0.15, -0.1) is 0 Å². The summed E-state index contributed by atoms with van der Waals surface area (Å²) in [6.07, 6.45) is 0.895. The number of amides is 1. The van der Waals surface area contributed by atoms with Crippen LogP contribution in [-0.2, 0) is 4.74 Å². The van der Waals surface area contributed by atoms with E-state index < -0.39 is 23.3 Å². The normalized spacial score (nSPS) is 18.5. The first-order valence-corrected chi connectivity index (χ1v) is 6.57. The van der Waals surface area contributed by atoms with Crippen LogP contribution in [0.5, 0.6) is 0 Å². The van der Waals surface area contributed by atoms with E-state index in [9.17, 15) is 9.90 Å². The van der Waals surface area contributed by atoms with E-state index in [4.69, 9.17) is 4.74 Å². The Labute approximate surface area is 113 Å². The number of alkyl carbamates (subject to hydrolysis) is 1. The molecule has 0 saturated heterocycles. The first-order valence-electron chi connectivity index (χ1n) is 6.57. The van der Waals surface area contributed by atoms with Crippen molar-refractivity contribution >= 4 is 6.09 Å². The molecule has 4 nitrogen and oxygen atoms in total. The van der Waals surface area contributed by atoms with Crippen LogP contribution in [0.3, 0.4) is 0 Å². The highest BCUT2D eigenvalue weighted by Gasteiger charge is 2.49. The third-order valence-electron chi connectivity index (χ3n) is 3.09. The summed E-state index contributed by atoms with van der Waals surface area (Å²) in [5.41, 5.74) is -0.483. The van der Waals surface area contributed by atoms with Gasteiger partial charge in [0.2, 0.25) is 0 Å². The molecule has 1 aliphatic rings. The van der Waals surface area contributed by atoms with Crippen LogP contribution in [0.2, 0.25) is 0 Å². The van der Waals surface area contributed by atoms with Crippen molar-refractivity contribution in [3.8, 4) is 0 Å². The van der Waals surface area contributed by atoms with Crippen LogP contribution in [0.4, 0.5) is 4.79 Å². The Hall–Kier alpha value is -1.55. The summed E-state index contributed by atoms with van der Waals surface area (Å²) < 4.78 is 5.25. The van der Waals surface area contributed by atoms with Crippen molar-refractivity contribution in [1.82, 2.24) is 5.32 Å². The summed E-state index contributed by atoms with van der Waals surface area (Å²) in [5, 5.41) is 13.1. The second kappa shape index (κ2) is 4.85. The van der Waals surface area contributed by atoms with Gasteiger partial charge in [0.25, 0.3) is 0 Å². The van der Waals surface area contributed by atoms with Gasteiger partial charge in [-0.25, -0.2) is 4.79 Å². The Morgan fingerprint density at radius 1 is 1.32 bits per heavy atom. The Bertz CT molecular complexity index is 446. The molecule has 0 heterocycles. The van der Waals surface area contributed by atoms with E-state index in [1.54, 1.807) is 0 Å². The Balaban J connectivity index is 2.10. The van der Waals surface area contributed by atoms with E-state index >= 15 is 0 Å². The first-order chi connectivity index (χ1) is 8.80. The predicted molar refractivity (Wildman–Crippen MR) is 72.7 cm³/mol. The number of aliphatic hydroxyl groups is 1. The van der Waals surface area contributed by atoms with E-state index in [-0.39, 0.29) is 0 Å². The molecule has 1 unspecified atom stereocenters. The largest absolute Gasteiger partial charge is 0.444 e. The fourth-order valence-electron chi connectivity index (χ4n) is 2.02. The minimum atomic E-state index is -0.835. The molecule has 19 heavy (non-hydrogen) atoms. The zero-order chi connectivity index (χ0) is 14.1. The number of rotatable bonds is 3. The van der Waals surface area contributed by atoms with E-state index in [0.29, 0.717) is 12.8 Å². The van der Waals surface area contributed by atoms with Gasteiger partial charge in [-0.2, -0.15) is 0 Å². The molecule has 0 spiro atoms. The maximum atomic E-state index is 11.9. The molecule has 1 aromatic carbocycles. The molecular formula is C15H21NO3. The summed E-state index contributed by atoms with van der Waals surface area (Å²) in [4.78, 5) is 11.9. The number of benzene rings is 1. The minimum absolute atomic E-state index is 0.413. The molecule has 104 valence electrons. The molecule has 0 bridgehead atoms. The molecule has 1 atom stereocenters. The monoisotopic (exact) mass is 263 g/mol. The molecule has 1 aliphatic carbocycles. The minimum Gasteiger partial charge on any atom is -0.444 e. The summed E-state index contributed by atoms with van der Waals surface area (Å²) in [6, 6.07) is 9.08. The van der Waals surface area contributed by atoms with Crippen LogP contribution in [-0.4, -0.2) is 22.4 Å². The molecule has 2 N–H and O–H groups in total. The second-order valence-corrected chi connectivity index (χ2v) is 6.09. The van der Waals surface area contributed by atoms with Crippen LogP contribution < -0.4 is 5.32 Å². The van der Waals surface area contributed by atoms with Gasteiger partial charge in [0.05, 0.1) is 11.6 Å². The number of carbonyl (C=O) groups is 1. The van der Waals surface area contributed by atoms with Crippen LogP contribution >= 0.6 is 0 Å². The summed E-state index contributed by atoms with van der Waals surface area (Å²) >= 11 is 0. The highest BCUT2D eigenvalue weighted by atomic mass is 16.6. The van der Waals surface area contributed by atoms with Gasteiger partial charge in [-0.3, -0.25) is 0 Å². The molecular weight excluding hydrogens is 242 g/mol. The maximum Gasteiger partial charge on any atom is 0.408 e. The molecule has 1 aromatic rings. The molecule has 1 saturated carbocycles. The van der Waals surface area contributed by atoms with Crippen LogP contribution in [0.1, 0.15) is 45.2 Å². The third-order valence-corrected chi connectivity index (χ3v) is 3.09. The van der Waals surface area contributed by atoms with E-state index in [2.05, 4.69) is 5.32 Å². The van der Waals surface area contributed by atoms with Crippen molar-refractivity contribution in [2.45, 2.75) is 50.9 Å². The SMILES string of the molecule is CC(C)(C)OC(=O)NC(c1ccccc1)C1(O)CC1. The lowest BCUT2D eigenvalue weighted by Crippen LogP contribution is -2.40. The second-order valence-electron chi connectivity index (χ2n) is 6.09. The maximum absolute atomic E-state index is 11.9. The average molecular weight is 263 g/mol. The Kier molecular flexibility index (Phi) is 3.54. The molecule has 0 aliphatic heterocycles. The van der Waals surface area contributed by atoms with Crippen LogP contribution in [0.15, 0.2) is 30.3 Å². The lowest BCUT2D eigenvalue weighted by atomic mass is 10.00. The van der Waals surface area contributed by atoms with Crippen molar-refractivity contribution in [3.05, 3.63) is 35.9 Å². The molecule has 1 fully saturated rings. The van der Waals surface area contributed by atoms with E-state index in [0.717, 1.165) is 5.56 Å². The van der Waals surface area contributed by atoms with Gasteiger partial charge in [0.15, 0.2) is 0 Å². The number of ether oxygens (including phenoxy) is 1. The quantitative estimate of drug-likeness (QED) is 0.881. The fourth-order valence-corrected chi connectivity index (χ4v) is 2.02.